The number of hydrogen-bond acceptors (Lipinski definition) is 3. The van der Waals surface area contributed by atoms with Gasteiger partial charge in [-0.05, 0) is 31.0 Å². The standard InChI is InChI=1S/C12H17ClN2O/c13-9-3-4-11(10(14)7-9)15-8-12(16)5-1-2-6-12/h3-4,7,15-16H,1-2,5-6,8,14H2. The van der Waals surface area contributed by atoms with Gasteiger partial charge in [-0.1, -0.05) is 24.4 Å². The fraction of sp³-hybridized carbons (Fsp3) is 0.500. The summed E-state index contributed by atoms with van der Waals surface area (Å²) in [6.07, 6.45) is 3.95. The molecule has 0 spiro atoms. The monoisotopic (exact) mass is 240 g/mol. The SMILES string of the molecule is Nc1cc(Cl)ccc1NCC1(O)CCCC1. The van der Waals surface area contributed by atoms with Gasteiger partial charge >= 0.3 is 0 Å². The molecule has 16 heavy (non-hydrogen) atoms. The molecule has 3 nitrogen and oxygen atoms in total. The van der Waals surface area contributed by atoms with Crippen molar-refractivity contribution in [3.05, 3.63) is 23.2 Å². The molecule has 88 valence electrons. The molecular weight excluding hydrogens is 224 g/mol. The van der Waals surface area contributed by atoms with E-state index in [1.165, 1.54) is 0 Å². The van der Waals surface area contributed by atoms with E-state index in [9.17, 15) is 5.11 Å². The second-order valence-electron chi connectivity index (χ2n) is 4.52. The number of aliphatic hydroxyl groups is 1. The number of halogens is 1. The Morgan fingerprint density at radius 1 is 1.38 bits per heavy atom. The minimum atomic E-state index is -0.563. The van der Waals surface area contributed by atoms with Gasteiger partial charge in [0.2, 0.25) is 0 Å². The summed E-state index contributed by atoms with van der Waals surface area (Å²) in [6, 6.07) is 5.34. The van der Waals surface area contributed by atoms with Crippen LogP contribution in [-0.4, -0.2) is 17.3 Å². The number of rotatable bonds is 3. The molecule has 0 atom stereocenters. The average Bonchev–Trinajstić information content (AvgIpc) is 2.64. The van der Waals surface area contributed by atoms with Crippen LogP contribution < -0.4 is 11.1 Å². The Labute approximate surface area is 101 Å². The molecule has 1 aliphatic rings. The van der Waals surface area contributed by atoms with Crippen LogP contribution in [0.4, 0.5) is 11.4 Å². The highest BCUT2D eigenvalue weighted by molar-refractivity contribution is 6.31. The summed E-state index contributed by atoms with van der Waals surface area (Å²) < 4.78 is 0. The molecule has 1 fully saturated rings. The molecule has 0 saturated heterocycles. The van der Waals surface area contributed by atoms with Crippen LogP contribution in [0, 0.1) is 0 Å². The maximum Gasteiger partial charge on any atom is 0.0819 e. The highest BCUT2D eigenvalue weighted by Crippen LogP contribution is 2.30. The van der Waals surface area contributed by atoms with E-state index in [4.69, 9.17) is 17.3 Å². The third kappa shape index (κ3) is 2.60. The predicted molar refractivity (Wildman–Crippen MR) is 67.8 cm³/mol. The van der Waals surface area contributed by atoms with Gasteiger partial charge in [-0.3, -0.25) is 0 Å². The van der Waals surface area contributed by atoms with Gasteiger partial charge < -0.3 is 16.2 Å². The van der Waals surface area contributed by atoms with Crippen LogP contribution in [0.15, 0.2) is 18.2 Å². The molecule has 1 aromatic rings. The van der Waals surface area contributed by atoms with Gasteiger partial charge in [0.05, 0.1) is 17.0 Å². The van der Waals surface area contributed by atoms with Crippen molar-refractivity contribution in [3.8, 4) is 0 Å². The fourth-order valence-corrected chi connectivity index (χ4v) is 2.34. The summed E-state index contributed by atoms with van der Waals surface area (Å²) >= 11 is 5.81. The van der Waals surface area contributed by atoms with Gasteiger partial charge in [-0.25, -0.2) is 0 Å². The van der Waals surface area contributed by atoms with Gasteiger partial charge in [0, 0.05) is 11.6 Å². The van der Waals surface area contributed by atoms with E-state index in [-0.39, 0.29) is 0 Å². The lowest BCUT2D eigenvalue weighted by Crippen LogP contribution is -2.33. The minimum Gasteiger partial charge on any atom is -0.397 e. The summed E-state index contributed by atoms with van der Waals surface area (Å²) in [7, 11) is 0. The van der Waals surface area contributed by atoms with Crippen LogP contribution in [0.2, 0.25) is 5.02 Å². The van der Waals surface area contributed by atoms with Gasteiger partial charge in [0.25, 0.3) is 0 Å². The number of nitrogen functional groups attached to an aromatic ring is 1. The van der Waals surface area contributed by atoms with Crippen molar-refractivity contribution in [2.75, 3.05) is 17.6 Å². The Morgan fingerprint density at radius 2 is 2.06 bits per heavy atom. The molecule has 4 heteroatoms. The molecule has 0 unspecified atom stereocenters. The lowest BCUT2D eigenvalue weighted by Gasteiger charge is -2.23. The summed E-state index contributed by atoms with van der Waals surface area (Å²) in [6.45, 7) is 0.554. The lowest BCUT2D eigenvalue weighted by atomic mass is 10.0. The minimum absolute atomic E-state index is 0.554. The first-order chi connectivity index (χ1) is 7.59. The van der Waals surface area contributed by atoms with E-state index < -0.39 is 5.60 Å². The molecule has 0 radical (unpaired) electrons. The normalized spacial score (nSPS) is 18.6. The van der Waals surface area contributed by atoms with Crippen molar-refractivity contribution in [3.63, 3.8) is 0 Å². The average molecular weight is 241 g/mol. The van der Waals surface area contributed by atoms with E-state index in [0.29, 0.717) is 17.3 Å². The largest absolute Gasteiger partial charge is 0.397 e. The molecule has 1 aromatic carbocycles. The van der Waals surface area contributed by atoms with Gasteiger partial charge in [-0.15, -0.1) is 0 Å². The van der Waals surface area contributed by atoms with Gasteiger partial charge in [0.15, 0.2) is 0 Å². The molecule has 1 saturated carbocycles. The Kier molecular flexibility index (Phi) is 3.26. The molecule has 1 aliphatic carbocycles. The van der Waals surface area contributed by atoms with Crippen LogP contribution in [0.25, 0.3) is 0 Å². The summed E-state index contributed by atoms with van der Waals surface area (Å²) in [5.41, 5.74) is 6.71. The molecular formula is C12H17ClN2O. The zero-order valence-electron chi connectivity index (χ0n) is 9.17. The van der Waals surface area contributed by atoms with Gasteiger partial charge in [0.1, 0.15) is 0 Å². The molecule has 0 aromatic heterocycles. The lowest BCUT2D eigenvalue weighted by molar-refractivity contribution is 0.0615. The Bertz CT molecular complexity index is 375. The van der Waals surface area contributed by atoms with E-state index in [1.54, 1.807) is 12.1 Å². The summed E-state index contributed by atoms with van der Waals surface area (Å²) in [4.78, 5) is 0. The first kappa shape index (κ1) is 11.6. The van der Waals surface area contributed by atoms with Crippen LogP contribution in [-0.2, 0) is 0 Å². The van der Waals surface area contributed by atoms with E-state index >= 15 is 0 Å². The zero-order valence-corrected chi connectivity index (χ0v) is 9.93. The van der Waals surface area contributed by atoms with E-state index in [2.05, 4.69) is 5.32 Å². The van der Waals surface area contributed by atoms with Gasteiger partial charge in [-0.2, -0.15) is 0 Å². The second kappa shape index (κ2) is 4.52. The third-order valence-electron chi connectivity index (χ3n) is 3.16. The summed E-state index contributed by atoms with van der Waals surface area (Å²) in [5.74, 6) is 0. The molecule has 2 rings (SSSR count). The highest BCUT2D eigenvalue weighted by Gasteiger charge is 2.30. The quantitative estimate of drug-likeness (QED) is 0.712. The van der Waals surface area contributed by atoms with Crippen LogP contribution in [0.3, 0.4) is 0 Å². The number of anilines is 2. The highest BCUT2D eigenvalue weighted by atomic mass is 35.5. The van der Waals surface area contributed by atoms with E-state index in [1.807, 2.05) is 6.07 Å². The first-order valence-electron chi connectivity index (χ1n) is 5.60. The Morgan fingerprint density at radius 3 is 2.69 bits per heavy atom. The number of hydrogen-bond donors (Lipinski definition) is 3. The molecule has 0 amide bonds. The van der Waals surface area contributed by atoms with Crippen molar-refractivity contribution in [1.82, 2.24) is 0 Å². The number of nitrogens with one attached hydrogen (secondary N) is 1. The van der Waals surface area contributed by atoms with Crippen LogP contribution in [0.5, 0.6) is 0 Å². The fourth-order valence-electron chi connectivity index (χ4n) is 2.16. The van der Waals surface area contributed by atoms with Crippen LogP contribution in [0.1, 0.15) is 25.7 Å². The van der Waals surface area contributed by atoms with Crippen molar-refractivity contribution < 1.29 is 5.11 Å². The Balaban J connectivity index is 1.99. The zero-order chi connectivity index (χ0) is 11.6. The maximum atomic E-state index is 10.2. The topological polar surface area (TPSA) is 58.3 Å². The molecule has 0 aliphatic heterocycles. The summed E-state index contributed by atoms with van der Waals surface area (Å²) in [5, 5.41) is 14.0. The van der Waals surface area contributed by atoms with Crippen LogP contribution >= 0.6 is 11.6 Å². The smallest absolute Gasteiger partial charge is 0.0819 e. The Hall–Kier alpha value is -0.930. The maximum absolute atomic E-state index is 10.2. The third-order valence-corrected chi connectivity index (χ3v) is 3.39. The number of benzene rings is 1. The predicted octanol–water partition coefficient (Wildman–Crippen LogP) is 2.64. The molecule has 4 N–H and O–H groups in total. The van der Waals surface area contributed by atoms with Crippen molar-refractivity contribution in [2.24, 2.45) is 0 Å². The van der Waals surface area contributed by atoms with Crippen molar-refractivity contribution in [1.29, 1.82) is 0 Å². The number of nitrogens with two attached hydrogens (primary N) is 1. The first-order valence-corrected chi connectivity index (χ1v) is 5.98. The molecule has 0 bridgehead atoms. The molecule has 0 heterocycles. The van der Waals surface area contributed by atoms with Crippen molar-refractivity contribution in [2.45, 2.75) is 31.3 Å². The second-order valence-corrected chi connectivity index (χ2v) is 4.95. The van der Waals surface area contributed by atoms with Crippen molar-refractivity contribution >= 4 is 23.0 Å². The van der Waals surface area contributed by atoms with E-state index in [0.717, 1.165) is 31.4 Å².